The lowest BCUT2D eigenvalue weighted by molar-refractivity contribution is -0.137. The number of carboxylic acid groups (broad SMARTS) is 1. The second-order valence-corrected chi connectivity index (χ2v) is 12.7. The Labute approximate surface area is 242 Å². The van der Waals surface area contributed by atoms with Crippen LogP contribution in [0.15, 0.2) is 59.9 Å². The smallest absolute Gasteiger partial charge is 0.416 e. The van der Waals surface area contributed by atoms with E-state index in [0.29, 0.717) is 42.1 Å². The molecule has 0 bridgehead atoms. The molecular formula is C29H33F3N4O5S. The van der Waals surface area contributed by atoms with E-state index in [1.54, 1.807) is 24.3 Å². The minimum atomic E-state index is -4.38. The highest BCUT2D eigenvalue weighted by Crippen LogP contribution is 2.44. The van der Waals surface area contributed by atoms with Crippen molar-refractivity contribution in [2.75, 3.05) is 14.1 Å². The van der Waals surface area contributed by atoms with Gasteiger partial charge in [-0.3, -0.25) is 4.79 Å². The van der Waals surface area contributed by atoms with Gasteiger partial charge in [0.1, 0.15) is 12.4 Å². The van der Waals surface area contributed by atoms with Gasteiger partial charge in [0.15, 0.2) is 9.84 Å². The largest absolute Gasteiger partial charge is 0.483 e. The maximum Gasteiger partial charge on any atom is 0.416 e. The summed E-state index contributed by atoms with van der Waals surface area (Å²) in [6.45, 7) is -0.250. The van der Waals surface area contributed by atoms with Gasteiger partial charge in [-0.15, -0.1) is 0 Å². The summed E-state index contributed by atoms with van der Waals surface area (Å²) < 4.78 is 72.6. The van der Waals surface area contributed by atoms with Crippen LogP contribution < -0.4 is 4.74 Å². The number of aromatic nitrogens is 3. The van der Waals surface area contributed by atoms with E-state index in [0.717, 1.165) is 18.9 Å². The van der Waals surface area contributed by atoms with Crippen LogP contribution in [-0.2, 0) is 26.6 Å². The topological polar surface area (TPSA) is 123 Å². The Balaban J connectivity index is 0.00000129. The van der Waals surface area contributed by atoms with Crippen LogP contribution in [0.5, 0.6) is 5.88 Å². The van der Waals surface area contributed by atoms with Crippen molar-refractivity contribution < 1.29 is 36.2 Å². The summed E-state index contributed by atoms with van der Waals surface area (Å²) in [7, 11) is 0.192. The molecule has 226 valence electrons. The van der Waals surface area contributed by atoms with Crippen LogP contribution in [0.25, 0.3) is 0 Å². The zero-order valence-corrected chi connectivity index (χ0v) is 24.1. The van der Waals surface area contributed by atoms with Crippen LogP contribution in [0.4, 0.5) is 13.2 Å². The molecule has 2 fully saturated rings. The fraction of sp³-hybridized carbons (Fsp3) is 0.448. The Hall–Kier alpha value is -3.58. The van der Waals surface area contributed by atoms with Crippen molar-refractivity contribution in [2.45, 2.75) is 72.9 Å². The van der Waals surface area contributed by atoms with Crippen LogP contribution in [0.2, 0.25) is 0 Å². The molecule has 2 saturated carbocycles. The summed E-state index contributed by atoms with van der Waals surface area (Å²) >= 11 is 0. The van der Waals surface area contributed by atoms with Gasteiger partial charge >= 0.3 is 6.18 Å². The summed E-state index contributed by atoms with van der Waals surface area (Å²) in [6, 6.07) is 10.3. The van der Waals surface area contributed by atoms with E-state index < -0.39 is 21.6 Å². The van der Waals surface area contributed by atoms with Gasteiger partial charge in [-0.1, -0.05) is 18.2 Å². The third-order valence-corrected chi connectivity index (χ3v) is 9.21. The van der Waals surface area contributed by atoms with Gasteiger partial charge in [0.25, 0.3) is 6.47 Å². The van der Waals surface area contributed by atoms with Gasteiger partial charge in [-0.25, -0.2) is 23.4 Å². The summed E-state index contributed by atoms with van der Waals surface area (Å²) in [6.07, 6.45) is 1.92. The van der Waals surface area contributed by atoms with Gasteiger partial charge in [0.2, 0.25) is 5.88 Å². The molecule has 1 N–H and O–H groups in total. The normalized spacial score (nSPS) is 20.9. The SMILES string of the molecule is CN(C)[C@H]1C[C@@H](c2cccc(C(F)(F)F)c2)CC[C@@H]1Oc1ccc(S(=O)(=O)Cc2ccncn2)c(C2CC2)n1.O=CO. The third-order valence-electron chi connectivity index (χ3n) is 7.52. The van der Waals surface area contributed by atoms with E-state index in [1.807, 2.05) is 19.0 Å². The summed E-state index contributed by atoms with van der Waals surface area (Å²) in [4.78, 5) is 23.2. The standard InChI is InChI=1S/C28H31F3N4O3S.CH2O2/c1-35(2)23-15-20(19-4-3-5-21(14-19)28(29,30)31)8-9-24(23)38-26-11-10-25(27(34-26)18-6-7-18)39(36,37)16-22-12-13-32-17-33-22;2-1-3/h3-5,10-14,17-18,20,23-24H,6-9,15-16H2,1-2H3;1H,(H,2,3)/t20-,23-,24-;/m0./s1. The number of ether oxygens (including phenoxy) is 1. The number of sulfone groups is 1. The molecule has 2 heterocycles. The van der Waals surface area contributed by atoms with Crippen LogP contribution in [0.3, 0.4) is 0 Å². The number of likely N-dealkylation sites (N-methyl/N-ethyl adjacent to an activating group) is 1. The molecule has 0 radical (unpaired) electrons. The van der Waals surface area contributed by atoms with Crippen molar-refractivity contribution in [1.82, 2.24) is 19.9 Å². The minimum absolute atomic E-state index is 0.0242. The number of nitrogens with zero attached hydrogens (tertiary/aromatic N) is 4. The van der Waals surface area contributed by atoms with E-state index in [1.165, 1.54) is 24.7 Å². The zero-order chi connectivity index (χ0) is 30.5. The molecule has 3 atom stereocenters. The quantitative estimate of drug-likeness (QED) is 0.350. The Morgan fingerprint density at radius 2 is 1.79 bits per heavy atom. The number of alkyl halides is 3. The summed E-state index contributed by atoms with van der Waals surface area (Å²) in [5, 5.41) is 6.89. The van der Waals surface area contributed by atoms with Gasteiger partial charge in [0, 0.05) is 24.2 Å². The van der Waals surface area contributed by atoms with Gasteiger partial charge in [-0.05, 0) is 75.9 Å². The average Bonchev–Trinajstić information content (AvgIpc) is 3.79. The Morgan fingerprint density at radius 3 is 2.40 bits per heavy atom. The fourth-order valence-corrected chi connectivity index (χ4v) is 6.85. The molecule has 0 saturated heterocycles. The lowest BCUT2D eigenvalue weighted by Gasteiger charge is -2.39. The van der Waals surface area contributed by atoms with Crippen molar-refractivity contribution >= 4 is 16.3 Å². The van der Waals surface area contributed by atoms with Crippen molar-refractivity contribution in [3.05, 3.63) is 77.5 Å². The van der Waals surface area contributed by atoms with Gasteiger partial charge in [0.05, 0.1) is 27.6 Å². The molecule has 0 amide bonds. The molecule has 2 aliphatic carbocycles. The van der Waals surface area contributed by atoms with E-state index >= 15 is 0 Å². The Bertz CT molecular complexity index is 1470. The molecular weight excluding hydrogens is 573 g/mol. The first-order chi connectivity index (χ1) is 19.9. The van der Waals surface area contributed by atoms with Crippen molar-refractivity contribution in [1.29, 1.82) is 0 Å². The molecule has 2 aliphatic rings. The molecule has 0 unspecified atom stereocenters. The number of rotatable bonds is 8. The van der Waals surface area contributed by atoms with E-state index in [-0.39, 0.29) is 41.1 Å². The van der Waals surface area contributed by atoms with Crippen molar-refractivity contribution in [3.63, 3.8) is 0 Å². The molecule has 13 heteroatoms. The number of hydrogen-bond donors (Lipinski definition) is 1. The molecule has 5 rings (SSSR count). The first-order valence-electron chi connectivity index (χ1n) is 13.5. The summed E-state index contributed by atoms with van der Waals surface area (Å²) in [5.74, 6) is 0.181. The van der Waals surface area contributed by atoms with Crippen LogP contribution in [0.1, 0.15) is 66.5 Å². The van der Waals surface area contributed by atoms with E-state index in [4.69, 9.17) is 14.6 Å². The fourth-order valence-electron chi connectivity index (χ4n) is 5.32. The number of pyridine rings is 1. The number of carbonyl (C=O) groups is 1. The van der Waals surface area contributed by atoms with E-state index in [9.17, 15) is 21.6 Å². The second kappa shape index (κ2) is 13.2. The lowest BCUT2D eigenvalue weighted by Crippen LogP contribution is -2.46. The monoisotopic (exact) mass is 606 g/mol. The van der Waals surface area contributed by atoms with E-state index in [2.05, 4.69) is 15.0 Å². The van der Waals surface area contributed by atoms with Crippen LogP contribution >= 0.6 is 0 Å². The van der Waals surface area contributed by atoms with Gasteiger partial charge in [-0.2, -0.15) is 13.2 Å². The highest BCUT2D eigenvalue weighted by atomic mass is 32.2. The third kappa shape index (κ3) is 7.82. The number of hydrogen-bond acceptors (Lipinski definition) is 8. The minimum Gasteiger partial charge on any atom is -0.483 e. The predicted octanol–water partition coefficient (Wildman–Crippen LogP) is 5.09. The molecule has 3 aromatic rings. The molecule has 2 aromatic heterocycles. The first-order valence-corrected chi connectivity index (χ1v) is 15.1. The van der Waals surface area contributed by atoms with Crippen molar-refractivity contribution in [3.8, 4) is 5.88 Å². The molecule has 0 spiro atoms. The predicted molar refractivity (Wildman–Crippen MR) is 148 cm³/mol. The second-order valence-electron chi connectivity index (χ2n) is 10.7. The highest BCUT2D eigenvalue weighted by Gasteiger charge is 2.37. The maximum atomic E-state index is 13.3. The van der Waals surface area contributed by atoms with Crippen LogP contribution in [0, 0.1) is 0 Å². The van der Waals surface area contributed by atoms with Gasteiger partial charge < -0.3 is 14.7 Å². The molecule has 42 heavy (non-hydrogen) atoms. The summed E-state index contributed by atoms with van der Waals surface area (Å²) in [5.41, 5.74) is 0.993. The average molecular weight is 607 g/mol. The van der Waals surface area contributed by atoms with Crippen molar-refractivity contribution in [2.24, 2.45) is 0 Å². The molecule has 9 nitrogen and oxygen atoms in total. The number of halogens is 3. The van der Waals surface area contributed by atoms with Crippen LogP contribution in [-0.4, -0.2) is 66.1 Å². The highest BCUT2D eigenvalue weighted by molar-refractivity contribution is 7.90. The first kappa shape index (κ1) is 31.4. The number of benzene rings is 1. The molecule has 0 aliphatic heterocycles. The zero-order valence-electron chi connectivity index (χ0n) is 23.2. The maximum absolute atomic E-state index is 13.3. The Kier molecular flexibility index (Phi) is 9.82. The lowest BCUT2D eigenvalue weighted by atomic mass is 9.79. The molecule has 1 aromatic carbocycles. The Morgan fingerprint density at radius 1 is 1.07 bits per heavy atom.